The van der Waals surface area contributed by atoms with Crippen molar-refractivity contribution in [2.75, 3.05) is 20.4 Å². The SMILES string of the molecule is CCC[N]COC. The van der Waals surface area contributed by atoms with Gasteiger partial charge in [-0.25, -0.2) is 5.32 Å². The molecule has 0 saturated carbocycles. The van der Waals surface area contributed by atoms with Crippen LogP contribution in [0.25, 0.3) is 0 Å². The van der Waals surface area contributed by atoms with Gasteiger partial charge in [0.05, 0.1) is 0 Å². The van der Waals surface area contributed by atoms with Gasteiger partial charge in [0.25, 0.3) is 0 Å². The molecule has 0 amide bonds. The third kappa shape index (κ3) is 5.92. The summed E-state index contributed by atoms with van der Waals surface area (Å²) in [7, 11) is 1.65. The molecule has 0 aliphatic rings. The minimum atomic E-state index is 0.549. The van der Waals surface area contributed by atoms with Crippen molar-refractivity contribution in [2.45, 2.75) is 13.3 Å². The maximum absolute atomic E-state index is 4.68. The van der Waals surface area contributed by atoms with Crippen molar-refractivity contribution < 1.29 is 4.74 Å². The van der Waals surface area contributed by atoms with Crippen LogP contribution in [0.3, 0.4) is 0 Å². The molecule has 2 nitrogen and oxygen atoms in total. The van der Waals surface area contributed by atoms with E-state index in [0.29, 0.717) is 6.73 Å². The van der Waals surface area contributed by atoms with Crippen LogP contribution in [0.1, 0.15) is 13.3 Å². The Morgan fingerprint density at radius 1 is 1.57 bits per heavy atom. The second-order valence-corrected chi connectivity index (χ2v) is 1.36. The van der Waals surface area contributed by atoms with E-state index in [9.17, 15) is 0 Å². The van der Waals surface area contributed by atoms with Crippen molar-refractivity contribution in [3.05, 3.63) is 0 Å². The van der Waals surface area contributed by atoms with Crippen molar-refractivity contribution in [1.82, 2.24) is 5.32 Å². The first-order valence-corrected chi connectivity index (χ1v) is 2.54. The van der Waals surface area contributed by atoms with Crippen LogP contribution >= 0.6 is 0 Å². The predicted molar refractivity (Wildman–Crippen MR) is 29.2 cm³/mol. The molecule has 0 saturated heterocycles. The van der Waals surface area contributed by atoms with Crippen LogP contribution in [0, 0.1) is 0 Å². The first-order valence-electron chi connectivity index (χ1n) is 2.54. The van der Waals surface area contributed by atoms with Gasteiger partial charge in [-0.15, -0.1) is 0 Å². The molecule has 0 bridgehead atoms. The zero-order chi connectivity index (χ0) is 5.54. The van der Waals surface area contributed by atoms with Crippen molar-refractivity contribution in [3.8, 4) is 0 Å². The molecule has 0 fully saturated rings. The minimum absolute atomic E-state index is 0.549. The summed E-state index contributed by atoms with van der Waals surface area (Å²) in [4.78, 5) is 0. The summed E-state index contributed by atoms with van der Waals surface area (Å²) in [6.45, 7) is 3.57. The fourth-order valence-electron chi connectivity index (χ4n) is 0.314. The van der Waals surface area contributed by atoms with Gasteiger partial charge >= 0.3 is 0 Å². The van der Waals surface area contributed by atoms with Gasteiger partial charge in [-0.2, -0.15) is 0 Å². The molecule has 0 rings (SSSR count). The highest BCUT2D eigenvalue weighted by Gasteiger charge is 1.78. The molecular formula is C5H12NO. The number of ether oxygens (including phenoxy) is 1. The van der Waals surface area contributed by atoms with Crippen molar-refractivity contribution in [3.63, 3.8) is 0 Å². The number of nitrogens with zero attached hydrogens (tertiary/aromatic N) is 1. The molecule has 2 heteroatoms. The molecule has 0 spiro atoms. The van der Waals surface area contributed by atoms with E-state index in [1.807, 2.05) is 0 Å². The van der Waals surface area contributed by atoms with Crippen molar-refractivity contribution in [1.29, 1.82) is 0 Å². The lowest BCUT2D eigenvalue weighted by Crippen LogP contribution is -2.08. The molecule has 7 heavy (non-hydrogen) atoms. The van der Waals surface area contributed by atoms with Gasteiger partial charge < -0.3 is 4.74 Å². The fourth-order valence-corrected chi connectivity index (χ4v) is 0.314. The molecule has 0 aromatic carbocycles. The van der Waals surface area contributed by atoms with E-state index >= 15 is 0 Å². The highest BCUT2D eigenvalue weighted by molar-refractivity contribution is 4.31. The predicted octanol–water partition coefficient (Wildman–Crippen LogP) is 0.605. The Balaban J connectivity index is 2.45. The monoisotopic (exact) mass is 102 g/mol. The average Bonchev–Trinajstić information content (AvgIpc) is 1.69. The molecular weight excluding hydrogens is 90.1 g/mol. The molecule has 0 aromatic heterocycles. The normalized spacial score (nSPS) is 9.43. The highest BCUT2D eigenvalue weighted by Crippen LogP contribution is 1.70. The first kappa shape index (κ1) is 6.92. The van der Waals surface area contributed by atoms with E-state index in [2.05, 4.69) is 17.0 Å². The lowest BCUT2D eigenvalue weighted by atomic mass is 10.5. The lowest BCUT2D eigenvalue weighted by Gasteiger charge is -1.94. The van der Waals surface area contributed by atoms with Crippen molar-refractivity contribution in [2.24, 2.45) is 0 Å². The quantitative estimate of drug-likeness (QED) is 0.477. The summed E-state index contributed by atoms with van der Waals surface area (Å²) >= 11 is 0. The largest absolute Gasteiger partial charge is 0.368 e. The summed E-state index contributed by atoms with van der Waals surface area (Å²) in [6, 6.07) is 0. The standard InChI is InChI=1S/C5H12NO/c1-3-4-6-5-7-2/h3-5H2,1-2H3. The Labute approximate surface area is 44.9 Å². The minimum Gasteiger partial charge on any atom is -0.368 e. The molecule has 43 valence electrons. The van der Waals surface area contributed by atoms with Crippen LogP contribution in [-0.2, 0) is 4.74 Å². The van der Waals surface area contributed by atoms with Crippen LogP contribution in [0.5, 0.6) is 0 Å². The third-order valence-electron chi connectivity index (χ3n) is 0.602. The molecule has 0 aliphatic heterocycles. The fraction of sp³-hybridized carbons (Fsp3) is 1.00. The second-order valence-electron chi connectivity index (χ2n) is 1.36. The van der Waals surface area contributed by atoms with Gasteiger partial charge in [0, 0.05) is 13.7 Å². The maximum atomic E-state index is 4.68. The zero-order valence-electron chi connectivity index (χ0n) is 4.98. The summed E-state index contributed by atoms with van der Waals surface area (Å²) in [5.41, 5.74) is 0. The van der Waals surface area contributed by atoms with E-state index in [0.717, 1.165) is 13.0 Å². The van der Waals surface area contributed by atoms with E-state index < -0.39 is 0 Å². The highest BCUT2D eigenvalue weighted by atomic mass is 16.5. The Kier molecular flexibility index (Phi) is 5.85. The first-order chi connectivity index (χ1) is 3.41. The topological polar surface area (TPSA) is 23.3 Å². The van der Waals surface area contributed by atoms with Gasteiger partial charge in [-0.3, -0.25) is 0 Å². The van der Waals surface area contributed by atoms with Gasteiger partial charge in [-0.05, 0) is 6.42 Å². The smallest absolute Gasteiger partial charge is 0.112 e. The lowest BCUT2D eigenvalue weighted by molar-refractivity contribution is 0.173. The van der Waals surface area contributed by atoms with E-state index in [1.54, 1.807) is 7.11 Å². The van der Waals surface area contributed by atoms with E-state index in [-0.39, 0.29) is 0 Å². The molecule has 0 aromatic rings. The summed E-state index contributed by atoms with van der Waals surface area (Å²) < 4.78 is 4.68. The van der Waals surface area contributed by atoms with Crippen LogP contribution < -0.4 is 5.32 Å². The van der Waals surface area contributed by atoms with Gasteiger partial charge in [0.15, 0.2) is 0 Å². The molecule has 1 radical (unpaired) electrons. The number of hydrogen-bond donors (Lipinski definition) is 0. The molecule has 0 aliphatic carbocycles. The second kappa shape index (κ2) is 5.92. The Morgan fingerprint density at radius 2 is 2.29 bits per heavy atom. The summed E-state index contributed by atoms with van der Waals surface area (Å²) in [5, 5.41) is 3.99. The van der Waals surface area contributed by atoms with Gasteiger partial charge in [0.2, 0.25) is 0 Å². The number of methoxy groups -OCH3 is 1. The van der Waals surface area contributed by atoms with Crippen LogP contribution in [0.2, 0.25) is 0 Å². The average molecular weight is 102 g/mol. The Morgan fingerprint density at radius 3 is 2.71 bits per heavy atom. The van der Waals surface area contributed by atoms with Gasteiger partial charge in [0.1, 0.15) is 6.73 Å². The number of rotatable bonds is 4. The van der Waals surface area contributed by atoms with Crippen LogP contribution in [0.4, 0.5) is 0 Å². The summed E-state index contributed by atoms with van der Waals surface area (Å²) in [5.74, 6) is 0. The van der Waals surface area contributed by atoms with Crippen molar-refractivity contribution >= 4 is 0 Å². The molecule has 0 N–H and O–H groups in total. The number of hydrogen-bond acceptors (Lipinski definition) is 1. The third-order valence-corrected chi connectivity index (χ3v) is 0.602. The molecule has 0 heterocycles. The Hall–Kier alpha value is -0.0800. The maximum Gasteiger partial charge on any atom is 0.112 e. The zero-order valence-corrected chi connectivity index (χ0v) is 4.98. The molecule has 0 unspecified atom stereocenters. The van der Waals surface area contributed by atoms with Gasteiger partial charge in [-0.1, -0.05) is 6.92 Å². The van der Waals surface area contributed by atoms with E-state index in [1.165, 1.54) is 0 Å². The molecule has 0 atom stereocenters. The van der Waals surface area contributed by atoms with E-state index in [4.69, 9.17) is 0 Å². The summed E-state index contributed by atoms with van der Waals surface area (Å²) in [6.07, 6.45) is 1.11. The van der Waals surface area contributed by atoms with Crippen LogP contribution in [-0.4, -0.2) is 20.4 Å². The van der Waals surface area contributed by atoms with Crippen LogP contribution in [0.15, 0.2) is 0 Å². The Bertz CT molecular complexity index is 27.3.